The van der Waals surface area contributed by atoms with Gasteiger partial charge in [0.05, 0.1) is 11.7 Å². The quantitative estimate of drug-likeness (QED) is 0.703. The maximum absolute atomic E-state index is 5.95. The maximum Gasteiger partial charge on any atom is 0.0654 e. The summed E-state index contributed by atoms with van der Waals surface area (Å²) in [6.07, 6.45) is 4.42. The highest BCUT2D eigenvalue weighted by molar-refractivity contribution is 5.87. The van der Waals surface area contributed by atoms with Crippen molar-refractivity contribution >= 4 is 16.6 Å². The van der Waals surface area contributed by atoms with Crippen LogP contribution in [0, 0.1) is 0 Å². The van der Waals surface area contributed by atoms with Gasteiger partial charge in [-0.25, -0.2) is 0 Å². The molecule has 84 valence electrons. The molecule has 1 aliphatic rings. The van der Waals surface area contributed by atoms with E-state index in [1.54, 1.807) is 0 Å². The molecule has 0 bridgehead atoms. The summed E-state index contributed by atoms with van der Waals surface area (Å²) in [7, 11) is 0. The predicted octanol–water partition coefficient (Wildman–Crippen LogP) is 3.54. The molecule has 3 N–H and O–H groups in total. The lowest BCUT2D eigenvalue weighted by Crippen LogP contribution is -1.92. The molecule has 2 aromatic rings. The van der Waals surface area contributed by atoms with Crippen molar-refractivity contribution in [3.8, 4) is 0 Å². The summed E-state index contributed by atoms with van der Waals surface area (Å²) in [4.78, 5) is 0. The van der Waals surface area contributed by atoms with Crippen molar-refractivity contribution in [2.75, 3.05) is 5.73 Å². The summed E-state index contributed by atoms with van der Waals surface area (Å²) >= 11 is 0. The van der Waals surface area contributed by atoms with Crippen molar-refractivity contribution in [2.24, 2.45) is 0 Å². The van der Waals surface area contributed by atoms with E-state index in [1.165, 1.54) is 23.8 Å². The van der Waals surface area contributed by atoms with Gasteiger partial charge in [-0.15, -0.1) is 0 Å². The molecule has 0 aliphatic heterocycles. The molecule has 15 heavy (non-hydrogen) atoms. The van der Waals surface area contributed by atoms with Crippen LogP contribution in [0.1, 0.15) is 41.0 Å². The second-order valence-electron chi connectivity index (χ2n) is 3.67. The van der Waals surface area contributed by atoms with Crippen molar-refractivity contribution in [3.05, 3.63) is 23.9 Å². The summed E-state index contributed by atoms with van der Waals surface area (Å²) in [5.41, 5.74) is 9.25. The van der Waals surface area contributed by atoms with Crippen molar-refractivity contribution in [1.29, 1.82) is 0 Å². The van der Waals surface area contributed by atoms with E-state index in [0.717, 1.165) is 11.2 Å². The van der Waals surface area contributed by atoms with Gasteiger partial charge in [-0.1, -0.05) is 13.8 Å². The van der Waals surface area contributed by atoms with Crippen molar-refractivity contribution < 1.29 is 2.85 Å². The van der Waals surface area contributed by atoms with Gasteiger partial charge in [0.15, 0.2) is 0 Å². The Labute approximate surface area is 92.6 Å². The molecular formula is C12H21N3. The summed E-state index contributed by atoms with van der Waals surface area (Å²) in [5.74, 6) is 0.682. The Morgan fingerprint density at radius 1 is 1.40 bits per heavy atom. The van der Waals surface area contributed by atoms with Gasteiger partial charge in [0, 0.05) is 13.9 Å². The molecule has 0 spiro atoms. The maximum atomic E-state index is 5.95. The topological polar surface area (TPSA) is 54.7 Å². The molecule has 0 unspecified atom stereocenters. The lowest BCUT2D eigenvalue weighted by Gasteiger charge is -2.04. The first kappa shape index (κ1) is 10.0. The molecule has 1 heterocycles. The minimum absolute atomic E-state index is 0. The molecule has 1 aromatic carbocycles. The summed E-state index contributed by atoms with van der Waals surface area (Å²) < 4.78 is 0. The number of aromatic amines is 1. The molecule has 0 saturated heterocycles. The van der Waals surface area contributed by atoms with Crippen LogP contribution < -0.4 is 5.73 Å². The zero-order valence-corrected chi connectivity index (χ0v) is 9.25. The Morgan fingerprint density at radius 3 is 2.80 bits per heavy atom. The lowest BCUT2D eigenvalue weighted by atomic mass is 10.0. The first-order valence-corrected chi connectivity index (χ1v) is 5.58. The Hall–Kier alpha value is -1.51. The van der Waals surface area contributed by atoms with Crippen LogP contribution in [0.3, 0.4) is 0 Å². The van der Waals surface area contributed by atoms with Gasteiger partial charge in [0.25, 0.3) is 0 Å². The fraction of sp³-hybridized carbons (Fsp3) is 0.417. The zero-order valence-electron chi connectivity index (χ0n) is 9.25. The van der Waals surface area contributed by atoms with E-state index in [2.05, 4.69) is 10.2 Å². The zero-order chi connectivity index (χ0) is 10.8. The molecule has 3 rings (SSSR count). The average Bonchev–Trinajstić information content (AvgIpc) is 2.98. The van der Waals surface area contributed by atoms with Gasteiger partial charge in [-0.3, -0.25) is 5.10 Å². The number of nitrogens with two attached hydrogens (primary N) is 1. The number of nitrogen functional groups attached to an aromatic ring is 1. The number of aromatic nitrogens is 2. The first-order valence-electron chi connectivity index (χ1n) is 5.58. The van der Waals surface area contributed by atoms with Gasteiger partial charge < -0.3 is 5.73 Å². The van der Waals surface area contributed by atoms with Gasteiger partial charge >= 0.3 is 0 Å². The Bertz CT molecular complexity index is 464. The van der Waals surface area contributed by atoms with Gasteiger partial charge in [-0.05, 0) is 36.5 Å². The fourth-order valence-corrected chi connectivity index (χ4v) is 1.88. The van der Waals surface area contributed by atoms with Crippen LogP contribution in [-0.2, 0) is 0 Å². The third kappa shape index (κ3) is 1.69. The normalized spacial score (nSPS) is 14.8. The molecular weight excluding hydrogens is 186 g/mol. The molecule has 1 aromatic heterocycles. The summed E-state index contributed by atoms with van der Waals surface area (Å²) in [5, 5.41) is 8.19. The predicted molar refractivity (Wildman–Crippen MR) is 68.1 cm³/mol. The second-order valence-corrected chi connectivity index (χ2v) is 3.67. The fourth-order valence-electron chi connectivity index (χ4n) is 1.88. The van der Waals surface area contributed by atoms with Crippen LogP contribution in [0.4, 0.5) is 5.69 Å². The average molecular weight is 207 g/mol. The highest BCUT2D eigenvalue weighted by Gasteiger charge is 2.27. The van der Waals surface area contributed by atoms with Crippen molar-refractivity contribution in [3.63, 3.8) is 0 Å². The van der Waals surface area contributed by atoms with E-state index < -0.39 is 0 Å². The summed E-state index contributed by atoms with van der Waals surface area (Å²) in [6, 6.07) is 3.96. The van der Waals surface area contributed by atoms with E-state index in [-0.39, 0.29) is 2.85 Å². The summed E-state index contributed by atoms with van der Waals surface area (Å²) in [6.45, 7) is 4.00. The Balaban J connectivity index is 0.000000611. The third-order valence-corrected chi connectivity index (χ3v) is 2.69. The highest BCUT2D eigenvalue weighted by Crippen LogP contribution is 2.45. The minimum atomic E-state index is 0. The molecule has 3 nitrogen and oxygen atoms in total. The molecule has 1 aliphatic carbocycles. The molecule has 0 radical (unpaired) electrons. The number of anilines is 1. The van der Waals surface area contributed by atoms with Crippen LogP contribution in [-0.4, -0.2) is 10.2 Å². The molecule has 0 atom stereocenters. The van der Waals surface area contributed by atoms with E-state index in [0.29, 0.717) is 5.92 Å². The molecule has 1 fully saturated rings. The number of hydrogen-bond donors (Lipinski definition) is 2. The van der Waals surface area contributed by atoms with Gasteiger partial charge in [-0.2, -0.15) is 5.10 Å². The standard InChI is InChI=1S/C10H11N3.C2H6.2H2/c11-8-3-4-9-7(5-12-13-9)10(8)6-1-2-6;1-2;;/h3-6H,1-2,11H2,(H,12,13);1-2H3;2*1H. The van der Waals surface area contributed by atoms with Crippen LogP contribution in [0.5, 0.6) is 0 Å². The number of nitrogens with one attached hydrogen (secondary N) is 1. The number of benzene rings is 1. The van der Waals surface area contributed by atoms with Crippen LogP contribution in [0.25, 0.3) is 10.9 Å². The van der Waals surface area contributed by atoms with E-state index >= 15 is 0 Å². The van der Waals surface area contributed by atoms with Gasteiger partial charge in [0.1, 0.15) is 0 Å². The Morgan fingerprint density at radius 2 is 2.13 bits per heavy atom. The SMILES string of the molecule is CC.Nc1ccc2[nH]ncc2c1C1CC1.[HH].[HH]. The molecule has 1 saturated carbocycles. The van der Waals surface area contributed by atoms with E-state index in [1.807, 2.05) is 32.2 Å². The van der Waals surface area contributed by atoms with Crippen molar-refractivity contribution in [2.45, 2.75) is 32.6 Å². The van der Waals surface area contributed by atoms with Gasteiger partial charge in [0.2, 0.25) is 0 Å². The monoisotopic (exact) mass is 207 g/mol. The molecule has 0 amide bonds. The third-order valence-electron chi connectivity index (χ3n) is 2.69. The first-order chi connectivity index (χ1) is 7.36. The second kappa shape index (κ2) is 3.93. The van der Waals surface area contributed by atoms with Crippen LogP contribution >= 0.6 is 0 Å². The van der Waals surface area contributed by atoms with Crippen LogP contribution in [0.2, 0.25) is 0 Å². The lowest BCUT2D eigenvalue weighted by molar-refractivity contribution is 1.12. The van der Waals surface area contributed by atoms with E-state index in [4.69, 9.17) is 5.73 Å². The largest absolute Gasteiger partial charge is 0.398 e. The highest BCUT2D eigenvalue weighted by atomic mass is 15.1. The van der Waals surface area contributed by atoms with Crippen LogP contribution in [0.15, 0.2) is 18.3 Å². The Kier molecular flexibility index (Phi) is 2.62. The number of fused-ring (bicyclic) bond motifs is 1. The van der Waals surface area contributed by atoms with Crippen molar-refractivity contribution in [1.82, 2.24) is 10.2 Å². The number of hydrogen-bond acceptors (Lipinski definition) is 2. The van der Waals surface area contributed by atoms with E-state index in [9.17, 15) is 0 Å². The number of nitrogens with zero attached hydrogens (tertiary/aromatic N) is 1. The minimum Gasteiger partial charge on any atom is -0.398 e. The smallest absolute Gasteiger partial charge is 0.0654 e. The molecule has 3 heteroatoms. The number of rotatable bonds is 1. The number of H-pyrrole nitrogens is 1.